The summed E-state index contributed by atoms with van der Waals surface area (Å²) in [7, 11) is -4.69. The molecular weight excluding hydrogens is 398 g/mol. The maximum Gasteiger partial charge on any atom is 0.327 e. The zero-order chi connectivity index (χ0) is 22.3. The predicted octanol–water partition coefficient (Wildman–Crippen LogP) is 4.36. The first kappa shape index (κ1) is 27.5. The SMILES string of the molecule is CCCCC(CC)COC(=O)CC(C(=O)OCC(CC)CCCC)S(=O)(=O)N=O. The Morgan fingerprint density at radius 1 is 0.862 bits per heavy atom. The van der Waals surface area contributed by atoms with Crippen LogP contribution in [0.5, 0.6) is 0 Å². The number of nitrogens with zero attached hydrogens (tertiary/aromatic N) is 1. The Hall–Kier alpha value is -1.51. The molecule has 0 aromatic carbocycles. The maximum absolute atomic E-state index is 12.3. The smallest absolute Gasteiger partial charge is 0.327 e. The van der Waals surface area contributed by atoms with Crippen LogP contribution in [-0.2, 0) is 29.1 Å². The van der Waals surface area contributed by atoms with Gasteiger partial charge in [0.05, 0.1) is 24.2 Å². The molecule has 0 aliphatic heterocycles. The Balaban J connectivity index is 4.91. The number of carbonyl (C=O) groups is 2. The zero-order valence-corrected chi connectivity index (χ0v) is 19.0. The van der Waals surface area contributed by atoms with Gasteiger partial charge in [0.2, 0.25) is 0 Å². The van der Waals surface area contributed by atoms with Crippen LogP contribution in [0, 0.1) is 16.7 Å². The van der Waals surface area contributed by atoms with Crippen molar-refractivity contribution in [3.8, 4) is 0 Å². The first-order chi connectivity index (χ1) is 13.7. The zero-order valence-electron chi connectivity index (χ0n) is 18.2. The van der Waals surface area contributed by atoms with Crippen molar-refractivity contribution in [2.24, 2.45) is 16.4 Å². The molecule has 29 heavy (non-hydrogen) atoms. The van der Waals surface area contributed by atoms with Gasteiger partial charge in [-0.1, -0.05) is 66.2 Å². The van der Waals surface area contributed by atoms with Crippen molar-refractivity contribution < 1.29 is 27.5 Å². The fourth-order valence-electron chi connectivity index (χ4n) is 2.87. The average Bonchev–Trinajstić information content (AvgIpc) is 2.71. The van der Waals surface area contributed by atoms with Gasteiger partial charge in [-0.25, -0.2) is 8.42 Å². The molecule has 0 saturated heterocycles. The largest absolute Gasteiger partial charge is 0.465 e. The minimum Gasteiger partial charge on any atom is -0.465 e. The fraction of sp³-hybridized carbons (Fsp3) is 0.900. The van der Waals surface area contributed by atoms with Crippen LogP contribution in [0.2, 0.25) is 0 Å². The summed E-state index contributed by atoms with van der Waals surface area (Å²) in [6, 6.07) is 0. The highest BCUT2D eigenvalue weighted by atomic mass is 32.2. The summed E-state index contributed by atoms with van der Waals surface area (Å²) in [6.45, 7) is 8.25. The van der Waals surface area contributed by atoms with Gasteiger partial charge in [0.1, 0.15) is 0 Å². The molecule has 0 aliphatic carbocycles. The molecule has 0 amide bonds. The molecule has 0 saturated carbocycles. The lowest BCUT2D eigenvalue weighted by Gasteiger charge is -2.18. The molecule has 9 heteroatoms. The molecule has 0 heterocycles. The van der Waals surface area contributed by atoms with Crippen LogP contribution in [0.3, 0.4) is 0 Å². The van der Waals surface area contributed by atoms with Gasteiger partial charge in [-0.3, -0.25) is 9.59 Å². The second-order valence-electron chi connectivity index (χ2n) is 7.43. The lowest BCUT2D eigenvalue weighted by molar-refractivity contribution is -0.151. The van der Waals surface area contributed by atoms with Crippen LogP contribution in [0.15, 0.2) is 4.58 Å². The number of nitroso groups, excluding NO2 is 1. The first-order valence-electron chi connectivity index (χ1n) is 10.7. The minimum absolute atomic E-state index is 0.0458. The number of sulfonamides is 1. The molecule has 3 unspecified atom stereocenters. The minimum atomic E-state index is -4.69. The lowest BCUT2D eigenvalue weighted by Crippen LogP contribution is -2.34. The van der Waals surface area contributed by atoms with E-state index in [0.717, 1.165) is 51.4 Å². The molecule has 0 rings (SSSR count). The Morgan fingerprint density at radius 2 is 1.34 bits per heavy atom. The molecule has 0 spiro atoms. The summed E-state index contributed by atoms with van der Waals surface area (Å²) in [4.78, 5) is 35.1. The van der Waals surface area contributed by atoms with E-state index >= 15 is 0 Å². The average molecular weight is 436 g/mol. The molecule has 170 valence electrons. The van der Waals surface area contributed by atoms with Crippen molar-refractivity contribution in [2.75, 3.05) is 13.2 Å². The normalized spacial score (nSPS) is 14.6. The molecule has 3 atom stereocenters. The standard InChI is InChI=1S/C20H37NO7S/c1-5-9-11-16(7-3)14-27-19(22)13-18(29(25,26)21-24)20(23)28-15-17(8-4)12-10-6-2/h16-18H,5-15H2,1-4H3. The van der Waals surface area contributed by atoms with Crippen molar-refractivity contribution in [1.82, 2.24) is 0 Å². The second-order valence-corrected chi connectivity index (χ2v) is 9.18. The molecule has 0 aliphatic rings. The predicted molar refractivity (Wildman–Crippen MR) is 112 cm³/mol. The van der Waals surface area contributed by atoms with Crippen LogP contribution >= 0.6 is 0 Å². The van der Waals surface area contributed by atoms with E-state index in [0.29, 0.717) is 0 Å². The number of hydrogen-bond acceptors (Lipinski definition) is 7. The number of carbonyl (C=O) groups excluding carboxylic acids is 2. The van der Waals surface area contributed by atoms with E-state index in [2.05, 4.69) is 11.5 Å². The van der Waals surface area contributed by atoms with Crippen LogP contribution in [0.4, 0.5) is 0 Å². The first-order valence-corrected chi connectivity index (χ1v) is 12.2. The summed E-state index contributed by atoms with van der Waals surface area (Å²) in [5, 5.41) is -1.97. The van der Waals surface area contributed by atoms with Crippen LogP contribution in [0.1, 0.15) is 85.5 Å². The van der Waals surface area contributed by atoms with Gasteiger partial charge in [-0.05, 0) is 24.7 Å². The van der Waals surface area contributed by atoms with E-state index in [-0.39, 0.29) is 25.0 Å². The third kappa shape index (κ3) is 11.3. The van der Waals surface area contributed by atoms with Gasteiger partial charge < -0.3 is 9.47 Å². The summed E-state index contributed by atoms with van der Waals surface area (Å²) in [5.41, 5.74) is 0. The Kier molecular flexibility index (Phi) is 14.5. The third-order valence-electron chi connectivity index (χ3n) is 5.11. The van der Waals surface area contributed by atoms with Gasteiger partial charge in [0.25, 0.3) is 0 Å². The van der Waals surface area contributed by atoms with E-state index in [4.69, 9.17) is 9.47 Å². The van der Waals surface area contributed by atoms with E-state index in [1.54, 1.807) is 0 Å². The summed E-state index contributed by atoms with van der Waals surface area (Å²) < 4.78 is 36.2. The molecule has 0 bridgehead atoms. The summed E-state index contributed by atoms with van der Waals surface area (Å²) in [6.07, 6.45) is 6.57. The van der Waals surface area contributed by atoms with Gasteiger partial charge in [-0.15, -0.1) is 4.91 Å². The highest BCUT2D eigenvalue weighted by Crippen LogP contribution is 2.18. The topological polar surface area (TPSA) is 116 Å². The quantitative estimate of drug-likeness (QED) is 0.246. The number of unbranched alkanes of at least 4 members (excludes halogenated alkanes) is 2. The Bertz CT molecular complexity index is 592. The van der Waals surface area contributed by atoms with E-state index in [9.17, 15) is 22.9 Å². The molecule has 0 aromatic rings. The van der Waals surface area contributed by atoms with Crippen molar-refractivity contribution in [2.45, 2.75) is 90.7 Å². The van der Waals surface area contributed by atoms with Crippen molar-refractivity contribution >= 4 is 22.0 Å². The van der Waals surface area contributed by atoms with Gasteiger partial charge >= 0.3 is 22.0 Å². The summed E-state index contributed by atoms with van der Waals surface area (Å²) in [5.74, 6) is -1.71. The third-order valence-corrected chi connectivity index (χ3v) is 6.39. The molecule has 0 radical (unpaired) electrons. The highest BCUT2D eigenvalue weighted by molar-refractivity contribution is 7.91. The number of rotatable bonds is 17. The van der Waals surface area contributed by atoms with Gasteiger partial charge in [-0.2, -0.15) is 0 Å². The number of hydrogen-bond donors (Lipinski definition) is 0. The van der Waals surface area contributed by atoms with Crippen molar-refractivity contribution in [3.63, 3.8) is 0 Å². The van der Waals surface area contributed by atoms with E-state index in [1.165, 1.54) is 0 Å². The van der Waals surface area contributed by atoms with E-state index in [1.807, 2.05) is 20.8 Å². The number of ether oxygens (including phenoxy) is 2. The van der Waals surface area contributed by atoms with Crippen molar-refractivity contribution in [3.05, 3.63) is 4.91 Å². The van der Waals surface area contributed by atoms with Crippen LogP contribution in [-0.4, -0.2) is 38.8 Å². The molecule has 0 fully saturated rings. The van der Waals surface area contributed by atoms with E-state index < -0.39 is 33.6 Å². The summed E-state index contributed by atoms with van der Waals surface area (Å²) >= 11 is 0. The molecule has 0 aromatic heterocycles. The van der Waals surface area contributed by atoms with Crippen LogP contribution in [0.25, 0.3) is 0 Å². The highest BCUT2D eigenvalue weighted by Gasteiger charge is 2.38. The Labute approximate surface area is 175 Å². The monoisotopic (exact) mass is 435 g/mol. The number of esters is 2. The van der Waals surface area contributed by atoms with Crippen LogP contribution < -0.4 is 0 Å². The fourth-order valence-corrected chi connectivity index (χ4v) is 3.63. The van der Waals surface area contributed by atoms with Gasteiger partial charge in [0.15, 0.2) is 5.25 Å². The van der Waals surface area contributed by atoms with Crippen molar-refractivity contribution in [1.29, 1.82) is 0 Å². The molecule has 8 nitrogen and oxygen atoms in total. The molecule has 0 N–H and O–H groups in total. The maximum atomic E-state index is 12.3. The second kappa shape index (κ2) is 15.3. The lowest BCUT2D eigenvalue weighted by atomic mass is 10.0. The molecular formula is C20H37NO7S. The van der Waals surface area contributed by atoms with Gasteiger partial charge in [0, 0.05) is 0 Å². The Morgan fingerprint density at radius 3 is 1.76 bits per heavy atom.